The van der Waals surface area contributed by atoms with E-state index < -0.39 is 11.6 Å². The SMILES string of the molecule is CCc1ccc(CN2CCC(Oc3ccc(C)cc3)(C(=O)O)CC2)nc1. The lowest BCUT2D eigenvalue weighted by molar-refractivity contribution is -0.159. The van der Waals surface area contributed by atoms with Gasteiger partial charge in [0.15, 0.2) is 0 Å². The number of piperidine rings is 1. The quantitative estimate of drug-likeness (QED) is 0.861. The molecule has 1 N–H and O–H groups in total. The summed E-state index contributed by atoms with van der Waals surface area (Å²) in [5, 5.41) is 9.78. The first-order valence-electron chi connectivity index (χ1n) is 9.16. The fraction of sp³-hybridized carbons (Fsp3) is 0.429. The van der Waals surface area contributed by atoms with Crippen molar-refractivity contribution in [3.8, 4) is 5.75 Å². The van der Waals surface area contributed by atoms with E-state index in [1.807, 2.05) is 37.4 Å². The van der Waals surface area contributed by atoms with E-state index in [0.717, 1.165) is 24.2 Å². The molecule has 1 aliphatic rings. The third-order valence-electron chi connectivity index (χ3n) is 5.07. The number of benzene rings is 1. The molecule has 0 radical (unpaired) electrons. The number of aromatic nitrogens is 1. The molecule has 2 heterocycles. The minimum atomic E-state index is -1.15. The number of carbonyl (C=O) groups is 1. The summed E-state index contributed by atoms with van der Waals surface area (Å²) in [5.41, 5.74) is 2.22. The second-order valence-corrected chi connectivity index (χ2v) is 7.00. The number of aliphatic carboxylic acids is 1. The van der Waals surface area contributed by atoms with Gasteiger partial charge in [-0.25, -0.2) is 4.79 Å². The van der Waals surface area contributed by atoms with E-state index in [9.17, 15) is 9.90 Å². The van der Waals surface area contributed by atoms with Crippen LogP contribution in [0.2, 0.25) is 0 Å². The van der Waals surface area contributed by atoms with Crippen molar-refractivity contribution in [1.29, 1.82) is 0 Å². The first-order chi connectivity index (χ1) is 12.5. The Labute approximate surface area is 154 Å². The van der Waals surface area contributed by atoms with E-state index in [4.69, 9.17) is 4.74 Å². The fourth-order valence-electron chi connectivity index (χ4n) is 3.25. The van der Waals surface area contributed by atoms with E-state index in [1.165, 1.54) is 5.56 Å². The van der Waals surface area contributed by atoms with Crippen LogP contribution in [0.1, 0.15) is 36.6 Å². The molecule has 2 aromatic rings. The number of hydrogen-bond donors (Lipinski definition) is 1. The van der Waals surface area contributed by atoms with Crippen LogP contribution in [0, 0.1) is 6.92 Å². The summed E-state index contributed by atoms with van der Waals surface area (Å²) >= 11 is 0. The third-order valence-corrected chi connectivity index (χ3v) is 5.07. The third kappa shape index (κ3) is 4.22. The predicted octanol–water partition coefficient (Wildman–Crippen LogP) is 3.45. The molecule has 1 aromatic carbocycles. The summed E-state index contributed by atoms with van der Waals surface area (Å²) in [7, 11) is 0. The average Bonchev–Trinajstić information content (AvgIpc) is 2.66. The standard InChI is InChI=1S/C21H26N2O3/c1-3-17-6-7-18(22-14-17)15-23-12-10-21(11-13-23,20(24)25)26-19-8-4-16(2)5-9-19/h4-9,14H,3,10-13,15H2,1-2H3,(H,24,25). The number of pyridine rings is 1. The number of ether oxygens (including phenoxy) is 1. The van der Waals surface area contributed by atoms with Crippen molar-refractivity contribution >= 4 is 5.97 Å². The summed E-state index contributed by atoms with van der Waals surface area (Å²) in [4.78, 5) is 18.7. The molecule has 3 rings (SSSR count). The monoisotopic (exact) mass is 354 g/mol. The zero-order chi connectivity index (χ0) is 18.6. The number of hydrogen-bond acceptors (Lipinski definition) is 4. The average molecular weight is 354 g/mol. The lowest BCUT2D eigenvalue weighted by Gasteiger charge is -2.38. The molecule has 0 amide bonds. The van der Waals surface area contributed by atoms with Crippen LogP contribution in [-0.4, -0.2) is 39.7 Å². The van der Waals surface area contributed by atoms with E-state index in [0.29, 0.717) is 31.7 Å². The Morgan fingerprint density at radius 1 is 1.19 bits per heavy atom. The molecule has 0 saturated carbocycles. The van der Waals surface area contributed by atoms with Gasteiger partial charge in [0.2, 0.25) is 5.60 Å². The van der Waals surface area contributed by atoms with Gasteiger partial charge in [-0.1, -0.05) is 30.7 Å². The molecule has 1 saturated heterocycles. The van der Waals surface area contributed by atoms with Crippen molar-refractivity contribution in [3.63, 3.8) is 0 Å². The van der Waals surface area contributed by atoms with Gasteiger partial charge in [-0.2, -0.15) is 0 Å². The van der Waals surface area contributed by atoms with E-state index in [1.54, 1.807) is 0 Å². The summed E-state index contributed by atoms with van der Waals surface area (Å²) in [6.07, 6.45) is 3.82. The van der Waals surface area contributed by atoms with E-state index in [-0.39, 0.29) is 0 Å². The lowest BCUT2D eigenvalue weighted by atomic mass is 9.91. The van der Waals surface area contributed by atoms with Crippen molar-refractivity contribution in [1.82, 2.24) is 9.88 Å². The van der Waals surface area contributed by atoms with Gasteiger partial charge < -0.3 is 9.84 Å². The van der Waals surface area contributed by atoms with Crippen LogP contribution >= 0.6 is 0 Å². The van der Waals surface area contributed by atoms with Gasteiger partial charge in [-0.3, -0.25) is 9.88 Å². The molecular formula is C21H26N2O3. The van der Waals surface area contributed by atoms with Crippen molar-refractivity contribution in [2.45, 2.75) is 45.3 Å². The van der Waals surface area contributed by atoms with Crippen LogP contribution in [0.25, 0.3) is 0 Å². The van der Waals surface area contributed by atoms with Gasteiger partial charge in [0, 0.05) is 38.7 Å². The Hall–Kier alpha value is -2.40. The van der Waals surface area contributed by atoms with Crippen LogP contribution in [0.4, 0.5) is 0 Å². The Kier molecular flexibility index (Phi) is 5.57. The Balaban J connectivity index is 1.63. The van der Waals surface area contributed by atoms with Crippen LogP contribution in [-0.2, 0) is 17.8 Å². The summed E-state index contributed by atoms with van der Waals surface area (Å²) in [6, 6.07) is 11.7. The molecule has 5 heteroatoms. The molecule has 1 fully saturated rings. The molecule has 0 bridgehead atoms. The molecule has 0 aliphatic carbocycles. The minimum Gasteiger partial charge on any atom is -0.478 e. The molecule has 1 aliphatic heterocycles. The molecule has 1 aromatic heterocycles. The Bertz CT molecular complexity index is 733. The predicted molar refractivity (Wildman–Crippen MR) is 100 cm³/mol. The molecule has 138 valence electrons. The molecular weight excluding hydrogens is 328 g/mol. The second kappa shape index (κ2) is 7.87. The van der Waals surface area contributed by atoms with Crippen molar-refractivity contribution in [2.75, 3.05) is 13.1 Å². The van der Waals surface area contributed by atoms with Gasteiger partial charge in [0.05, 0.1) is 5.69 Å². The van der Waals surface area contributed by atoms with Gasteiger partial charge in [0.25, 0.3) is 0 Å². The Morgan fingerprint density at radius 2 is 1.88 bits per heavy atom. The Morgan fingerprint density at radius 3 is 2.42 bits per heavy atom. The van der Waals surface area contributed by atoms with Gasteiger partial charge in [-0.05, 0) is 37.1 Å². The number of carboxylic acids is 1. The molecule has 5 nitrogen and oxygen atoms in total. The highest BCUT2D eigenvalue weighted by Crippen LogP contribution is 2.30. The highest BCUT2D eigenvalue weighted by Gasteiger charge is 2.44. The van der Waals surface area contributed by atoms with Crippen molar-refractivity contribution < 1.29 is 14.6 Å². The maximum Gasteiger partial charge on any atom is 0.348 e. The minimum absolute atomic E-state index is 0.462. The number of rotatable bonds is 6. The van der Waals surface area contributed by atoms with Crippen LogP contribution in [0.5, 0.6) is 5.75 Å². The first-order valence-corrected chi connectivity index (χ1v) is 9.16. The lowest BCUT2D eigenvalue weighted by Crippen LogP contribution is -2.53. The first kappa shape index (κ1) is 18.4. The maximum absolute atomic E-state index is 11.9. The van der Waals surface area contributed by atoms with Crippen molar-refractivity contribution in [3.05, 3.63) is 59.4 Å². The van der Waals surface area contributed by atoms with Crippen LogP contribution in [0.15, 0.2) is 42.6 Å². The number of nitrogens with zero attached hydrogens (tertiary/aromatic N) is 2. The molecule has 26 heavy (non-hydrogen) atoms. The zero-order valence-electron chi connectivity index (χ0n) is 15.4. The normalized spacial score (nSPS) is 17.0. The summed E-state index contributed by atoms with van der Waals surface area (Å²) < 4.78 is 5.95. The van der Waals surface area contributed by atoms with E-state index >= 15 is 0 Å². The topological polar surface area (TPSA) is 62.7 Å². The number of aryl methyl sites for hydroxylation is 2. The van der Waals surface area contributed by atoms with Gasteiger partial charge >= 0.3 is 5.97 Å². The highest BCUT2D eigenvalue weighted by atomic mass is 16.5. The largest absolute Gasteiger partial charge is 0.478 e. The van der Waals surface area contributed by atoms with Gasteiger partial charge in [0.1, 0.15) is 5.75 Å². The van der Waals surface area contributed by atoms with Crippen LogP contribution in [0.3, 0.4) is 0 Å². The maximum atomic E-state index is 11.9. The number of likely N-dealkylation sites (tertiary alicyclic amines) is 1. The summed E-state index contributed by atoms with van der Waals surface area (Å²) in [5.74, 6) is -0.272. The van der Waals surface area contributed by atoms with Crippen LogP contribution < -0.4 is 4.74 Å². The molecule has 0 unspecified atom stereocenters. The molecule has 0 atom stereocenters. The summed E-state index contributed by atoms with van der Waals surface area (Å²) in [6.45, 7) is 6.20. The smallest absolute Gasteiger partial charge is 0.348 e. The second-order valence-electron chi connectivity index (χ2n) is 7.00. The highest BCUT2D eigenvalue weighted by molar-refractivity contribution is 5.78. The fourth-order valence-corrected chi connectivity index (χ4v) is 3.25. The van der Waals surface area contributed by atoms with Crippen molar-refractivity contribution in [2.24, 2.45) is 0 Å². The van der Waals surface area contributed by atoms with Gasteiger partial charge in [-0.15, -0.1) is 0 Å². The van der Waals surface area contributed by atoms with E-state index in [2.05, 4.69) is 28.9 Å². The molecule has 0 spiro atoms. The number of carboxylic acid groups (broad SMARTS) is 1. The zero-order valence-corrected chi connectivity index (χ0v) is 15.4.